The number of nitrogens with zero attached hydrogens (tertiary/aromatic N) is 2. The van der Waals surface area contributed by atoms with Crippen molar-refractivity contribution >= 4 is 44.2 Å². The first-order chi connectivity index (χ1) is 13.5. The number of aromatic nitrogens is 3. The highest BCUT2D eigenvalue weighted by atomic mass is 35.5. The molecular formula is C19H15ClN4O3S. The van der Waals surface area contributed by atoms with Crippen molar-refractivity contribution in [2.45, 2.75) is 6.92 Å². The van der Waals surface area contributed by atoms with E-state index in [0.29, 0.717) is 28.0 Å². The normalized spacial score (nSPS) is 10.9. The van der Waals surface area contributed by atoms with Gasteiger partial charge in [0.25, 0.3) is 5.91 Å². The predicted molar refractivity (Wildman–Crippen MR) is 109 cm³/mol. The molecule has 0 atom stereocenters. The Morgan fingerprint density at radius 2 is 2.14 bits per heavy atom. The van der Waals surface area contributed by atoms with Gasteiger partial charge in [-0.1, -0.05) is 22.9 Å². The highest BCUT2D eigenvalue weighted by Crippen LogP contribution is 2.32. The van der Waals surface area contributed by atoms with Crippen LogP contribution in [-0.4, -0.2) is 32.8 Å². The van der Waals surface area contributed by atoms with Crippen molar-refractivity contribution in [3.05, 3.63) is 53.2 Å². The number of carbonyl (C=O) groups excluding carboxylic acids is 1. The van der Waals surface area contributed by atoms with Gasteiger partial charge < -0.3 is 9.84 Å². The van der Waals surface area contributed by atoms with Crippen molar-refractivity contribution in [1.29, 1.82) is 0 Å². The lowest BCUT2D eigenvalue weighted by atomic mass is 10.1. The van der Waals surface area contributed by atoms with Crippen molar-refractivity contribution in [3.63, 3.8) is 0 Å². The molecule has 4 aromatic rings. The number of hydrogen-bond donors (Lipinski definition) is 3. The van der Waals surface area contributed by atoms with Crippen LogP contribution < -0.4 is 10.1 Å². The molecule has 9 heteroatoms. The average molecular weight is 415 g/mol. The van der Waals surface area contributed by atoms with Crippen LogP contribution in [0.15, 0.2) is 42.5 Å². The van der Waals surface area contributed by atoms with E-state index in [1.165, 1.54) is 17.4 Å². The number of rotatable bonds is 5. The SMILES string of the molecule is CCOc1ccc2nc(NC(=O)c3cc(-c4cc(Cl)ccc4O)n[nH]3)sc2c1. The second kappa shape index (κ2) is 7.49. The molecule has 0 fully saturated rings. The molecule has 2 aromatic heterocycles. The Morgan fingerprint density at radius 1 is 1.29 bits per heavy atom. The maximum Gasteiger partial charge on any atom is 0.275 e. The number of ether oxygens (including phenoxy) is 1. The molecule has 0 saturated heterocycles. The van der Waals surface area contributed by atoms with Gasteiger partial charge in [0.2, 0.25) is 0 Å². The third kappa shape index (κ3) is 3.64. The molecule has 7 nitrogen and oxygen atoms in total. The summed E-state index contributed by atoms with van der Waals surface area (Å²) in [6.07, 6.45) is 0. The second-order valence-electron chi connectivity index (χ2n) is 5.86. The Kier molecular flexibility index (Phi) is 4.89. The number of aromatic hydroxyl groups is 1. The molecule has 28 heavy (non-hydrogen) atoms. The van der Waals surface area contributed by atoms with E-state index in [1.54, 1.807) is 18.2 Å². The molecule has 0 aliphatic carbocycles. The standard InChI is InChI=1S/C19H15ClN4O3S/c1-2-27-11-4-5-13-17(8-11)28-19(21-13)22-18(26)15-9-14(23-24-15)12-7-10(20)3-6-16(12)25/h3-9,25H,2H2,1H3,(H,23,24)(H,21,22,26). The molecule has 0 radical (unpaired) electrons. The summed E-state index contributed by atoms with van der Waals surface area (Å²) in [7, 11) is 0. The summed E-state index contributed by atoms with van der Waals surface area (Å²) in [5, 5.41) is 20.4. The summed E-state index contributed by atoms with van der Waals surface area (Å²) in [6.45, 7) is 2.50. The van der Waals surface area contributed by atoms with E-state index in [0.717, 1.165) is 16.0 Å². The fraction of sp³-hybridized carbons (Fsp3) is 0.105. The van der Waals surface area contributed by atoms with Crippen LogP contribution >= 0.6 is 22.9 Å². The molecule has 142 valence electrons. The van der Waals surface area contributed by atoms with E-state index in [4.69, 9.17) is 16.3 Å². The molecule has 2 heterocycles. The number of carbonyl (C=O) groups is 1. The Morgan fingerprint density at radius 3 is 2.96 bits per heavy atom. The minimum absolute atomic E-state index is 0.0270. The zero-order valence-electron chi connectivity index (χ0n) is 14.7. The first-order valence-electron chi connectivity index (χ1n) is 8.42. The minimum Gasteiger partial charge on any atom is -0.507 e. The highest BCUT2D eigenvalue weighted by molar-refractivity contribution is 7.22. The molecule has 0 aliphatic rings. The number of benzene rings is 2. The lowest BCUT2D eigenvalue weighted by molar-refractivity contribution is 0.102. The fourth-order valence-corrected chi connectivity index (χ4v) is 3.73. The summed E-state index contributed by atoms with van der Waals surface area (Å²) in [5.74, 6) is 0.402. The van der Waals surface area contributed by atoms with Crippen LogP contribution in [0.25, 0.3) is 21.5 Å². The Balaban J connectivity index is 1.55. The van der Waals surface area contributed by atoms with Gasteiger partial charge in [-0.3, -0.25) is 15.2 Å². The van der Waals surface area contributed by atoms with E-state index in [2.05, 4.69) is 20.5 Å². The molecule has 0 unspecified atom stereocenters. The van der Waals surface area contributed by atoms with Gasteiger partial charge in [-0.15, -0.1) is 0 Å². The number of phenols is 1. The third-order valence-corrected chi connectivity index (χ3v) is 5.12. The largest absolute Gasteiger partial charge is 0.507 e. The third-order valence-electron chi connectivity index (χ3n) is 3.95. The summed E-state index contributed by atoms with van der Waals surface area (Å²) < 4.78 is 6.40. The van der Waals surface area contributed by atoms with Crippen LogP contribution in [0, 0.1) is 0 Å². The molecule has 4 rings (SSSR count). The first-order valence-corrected chi connectivity index (χ1v) is 9.62. The number of phenolic OH excluding ortho intramolecular Hbond substituents is 1. The second-order valence-corrected chi connectivity index (χ2v) is 7.33. The van der Waals surface area contributed by atoms with Crippen molar-refractivity contribution < 1.29 is 14.6 Å². The van der Waals surface area contributed by atoms with E-state index >= 15 is 0 Å². The molecule has 1 amide bonds. The van der Waals surface area contributed by atoms with Crippen LogP contribution in [0.1, 0.15) is 17.4 Å². The first kappa shape index (κ1) is 18.3. The fourth-order valence-electron chi connectivity index (χ4n) is 2.67. The van der Waals surface area contributed by atoms with Crippen LogP contribution in [-0.2, 0) is 0 Å². The van der Waals surface area contributed by atoms with Gasteiger partial charge in [0.15, 0.2) is 5.13 Å². The number of hydrogen-bond acceptors (Lipinski definition) is 6. The molecule has 0 saturated carbocycles. The lowest BCUT2D eigenvalue weighted by Gasteiger charge is -2.00. The highest BCUT2D eigenvalue weighted by Gasteiger charge is 2.15. The summed E-state index contributed by atoms with van der Waals surface area (Å²) in [6, 6.07) is 11.8. The van der Waals surface area contributed by atoms with E-state index in [1.807, 2.05) is 25.1 Å². The maximum absolute atomic E-state index is 12.5. The van der Waals surface area contributed by atoms with Crippen molar-refractivity contribution in [2.24, 2.45) is 0 Å². The predicted octanol–water partition coefficient (Wildman–Crippen LogP) is 4.70. The van der Waals surface area contributed by atoms with Crippen LogP contribution in [0.4, 0.5) is 5.13 Å². The van der Waals surface area contributed by atoms with Crippen LogP contribution in [0.5, 0.6) is 11.5 Å². The van der Waals surface area contributed by atoms with Gasteiger partial charge in [-0.2, -0.15) is 5.10 Å². The number of aromatic amines is 1. The number of anilines is 1. The zero-order chi connectivity index (χ0) is 19.7. The van der Waals surface area contributed by atoms with Gasteiger partial charge in [0.1, 0.15) is 17.2 Å². The molecule has 3 N–H and O–H groups in total. The number of thiazole rings is 1. The van der Waals surface area contributed by atoms with E-state index in [-0.39, 0.29) is 17.4 Å². The average Bonchev–Trinajstić information content (AvgIpc) is 3.30. The van der Waals surface area contributed by atoms with E-state index < -0.39 is 0 Å². The zero-order valence-corrected chi connectivity index (χ0v) is 16.3. The monoisotopic (exact) mass is 414 g/mol. The van der Waals surface area contributed by atoms with Gasteiger partial charge in [-0.05, 0) is 49.4 Å². The maximum atomic E-state index is 12.5. The molecule has 0 spiro atoms. The number of fused-ring (bicyclic) bond motifs is 1. The van der Waals surface area contributed by atoms with Gasteiger partial charge in [0.05, 0.1) is 22.5 Å². The summed E-state index contributed by atoms with van der Waals surface area (Å²) in [4.78, 5) is 16.9. The van der Waals surface area contributed by atoms with Crippen LogP contribution in [0.3, 0.4) is 0 Å². The molecule has 0 bridgehead atoms. The van der Waals surface area contributed by atoms with Gasteiger partial charge >= 0.3 is 0 Å². The topological polar surface area (TPSA) is 100 Å². The quantitative estimate of drug-likeness (QED) is 0.439. The molecule has 0 aliphatic heterocycles. The Bertz CT molecular complexity index is 1170. The molecular weight excluding hydrogens is 400 g/mol. The summed E-state index contributed by atoms with van der Waals surface area (Å²) in [5.41, 5.74) is 1.86. The Hall–Kier alpha value is -3.10. The lowest BCUT2D eigenvalue weighted by Crippen LogP contribution is -2.11. The number of H-pyrrole nitrogens is 1. The van der Waals surface area contributed by atoms with Gasteiger partial charge in [-0.25, -0.2) is 4.98 Å². The van der Waals surface area contributed by atoms with Crippen molar-refractivity contribution in [2.75, 3.05) is 11.9 Å². The minimum atomic E-state index is -0.385. The number of nitrogens with one attached hydrogen (secondary N) is 2. The smallest absolute Gasteiger partial charge is 0.275 e. The summed E-state index contributed by atoms with van der Waals surface area (Å²) >= 11 is 7.32. The van der Waals surface area contributed by atoms with E-state index in [9.17, 15) is 9.90 Å². The van der Waals surface area contributed by atoms with Crippen molar-refractivity contribution in [3.8, 4) is 22.8 Å². The molecule has 2 aromatic carbocycles. The Labute approximate surface area is 169 Å². The number of halogens is 1. The van der Waals surface area contributed by atoms with Gasteiger partial charge in [0, 0.05) is 10.6 Å². The number of amides is 1. The van der Waals surface area contributed by atoms with Crippen LogP contribution in [0.2, 0.25) is 5.02 Å². The van der Waals surface area contributed by atoms with Crippen molar-refractivity contribution in [1.82, 2.24) is 15.2 Å².